The summed E-state index contributed by atoms with van der Waals surface area (Å²) in [5, 5.41) is 1.49. The molecule has 1 aromatic carbocycles. The molecule has 1 aliphatic heterocycles. The molecular formula is C20H24ClN3O2S. The molecule has 5 nitrogen and oxygen atoms in total. The molecule has 1 aliphatic rings. The lowest BCUT2D eigenvalue weighted by Gasteiger charge is -2.39. The molecule has 0 N–H and O–H groups in total. The van der Waals surface area contributed by atoms with E-state index in [1.165, 1.54) is 11.8 Å². The average Bonchev–Trinajstić information content (AvgIpc) is 2.63. The Hall–Kier alpha value is -1.79. The molecule has 1 amide bonds. The molecule has 1 fully saturated rings. The molecule has 2 heterocycles. The maximum Gasteiger partial charge on any atom is 0.262 e. The molecule has 1 saturated heterocycles. The van der Waals surface area contributed by atoms with E-state index in [4.69, 9.17) is 11.6 Å². The van der Waals surface area contributed by atoms with Gasteiger partial charge in [-0.05, 0) is 51.3 Å². The number of nitrogens with zero attached hydrogens (tertiary/aromatic N) is 3. The van der Waals surface area contributed by atoms with Crippen LogP contribution in [0.4, 0.5) is 0 Å². The van der Waals surface area contributed by atoms with E-state index in [-0.39, 0.29) is 29.3 Å². The number of hydrogen-bond acceptors (Lipinski definition) is 4. The first kappa shape index (κ1) is 20.0. The summed E-state index contributed by atoms with van der Waals surface area (Å²) < 4.78 is 1.55. The Labute approximate surface area is 168 Å². The number of aromatic nitrogens is 2. The molecule has 0 unspecified atom stereocenters. The molecule has 0 bridgehead atoms. The first-order chi connectivity index (χ1) is 12.9. The second kappa shape index (κ2) is 8.48. The van der Waals surface area contributed by atoms with Crippen LogP contribution in [0.1, 0.15) is 33.1 Å². The zero-order valence-electron chi connectivity index (χ0n) is 15.7. The number of benzene rings is 1. The van der Waals surface area contributed by atoms with Crippen LogP contribution in [0.5, 0.6) is 0 Å². The summed E-state index contributed by atoms with van der Waals surface area (Å²) in [6.45, 7) is 8.26. The van der Waals surface area contributed by atoms with Crippen molar-refractivity contribution in [2.75, 3.05) is 5.75 Å². The Morgan fingerprint density at radius 2 is 2.07 bits per heavy atom. The van der Waals surface area contributed by atoms with Gasteiger partial charge in [0.25, 0.3) is 5.56 Å². The Bertz CT molecular complexity index is 917. The van der Waals surface area contributed by atoms with Crippen molar-refractivity contribution in [2.24, 2.45) is 0 Å². The Balaban J connectivity index is 1.88. The highest BCUT2D eigenvalue weighted by Gasteiger charge is 2.29. The van der Waals surface area contributed by atoms with Gasteiger partial charge in [0.15, 0.2) is 5.16 Å². The molecule has 2 aromatic rings. The topological polar surface area (TPSA) is 55.2 Å². The number of halogens is 1. The van der Waals surface area contributed by atoms with Crippen molar-refractivity contribution in [3.05, 3.63) is 46.2 Å². The SMILES string of the molecule is C=CCn1c(SCC(=O)N2[C@H](C)CCC[C@H]2C)nc2ccc(Cl)cc2c1=O. The van der Waals surface area contributed by atoms with Gasteiger partial charge in [0.05, 0.1) is 16.7 Å². The highest BCUT2D eigenvalue weighted by atomic mass is 35.5. The van der Waals surface area contributed by atoms with Crippen molar-refractivity contribution in [1.29, 1.82) is 0 Å². The average molecular weight is 406 g/mol. The van der Waals surface area contributed by atoms with E-state index in [1.54, 1.807) is 28.8 Å². The Morgan fingerprint density at radius 3 is 2.74 bits per heavy atom. The van der Waals surface area contributed by atoms with Gasteiger partial charge in [0.1, 0.15) is 0 Å². The van der Waals surface area contributed by atoms with E-state index < -0.39 is 0 Å². The molecule has 27 heavy (non-hydrogen) atoms. The molecule has 7 heteroatoms. The summed E-state index contributed by atoms with van der Waals surface area (Å²) in [5.74, 6) is 0.354. The monoisotopic (exact) mass is 405 g/mol. The van der Waals surface area contributed by atoms with Crippen LogP contribution in [0, 0.1) is 0 Å². The summed E-state index contributed by atoms with van der Waals surface area (Å²) >= 11 is 7.33. The Morgan fingerprint density at radius 1 is 1.37 bits per heavy atom. The van der Waals surface area contributed by atoms with Crippen molar-refractivity contribution in [3.8, 4) is 0 Å². The summed E-state index contributed by atoms with van der Waals surface area (Å²) in [6.07, 6.45) is 4.89. The van der Waals surface area contributed by atoms with Crippen LogP contribution in [-0.2, 0) is 11.3 Å². The molecule has 0 spiro atoms. The van der Waals surface area contributed by atoms with Gasteiger partial charge in [-0.3, -0.25) is 14.2 Å². The predicted molar refractivity (Wildman–Crippen MR) is 112 cm³/mol. The summed E-state index contributed by atoms with van der Waals surface area (Å²) in [5.41, 5.74) is 0.413. The first-order valence-electron chi connectivity index (χ1n) is 9.17. The number of fused-ring (bicyclic) bond motifs is 1. The highest BCUT2D eigenvalue weighted by Crippen LogP contribution is 2.25. The molecule has 3 rings (SSSR count). The third-order valence-electron chi connectivity index (χ3n) is 5.00. The van der Waals surface area contributed by atoms with Crippen LogP contribution in [0.25, 0.3) is 10.9 Å². The van der Waals surface area contributed by atoms with Crippen LogP contribution in [0.15, 0.2) is 40.8 Å². The van der Waals surface area contributed by atoms with E-state index in [2.05, 4.69) is 25.4 Å². The maximum atomic E-state index is 12.8. The van der Waals surface area contributed by atoms with Crippen LogP contribution in [0.2, 0.25) is 5.02 Å². The standard InChI is InChI=1S/C20H24ClN3O2S/c1-4-10-23-19(26)16-11-15(21)8-9-17(16)22-20(23)27-12-18(25)24-13(2)6-5-7-14(24)3/h4,8-9,11,13-14H,1,5-7,10,12H2,2-3H3/t13-,14-/m1/s1. The molecule has 0 radical (unpaired) electrons. The molecule has 1 aromatic heterocycles. The minimum Gasteiger partial charge on any atom is -0.337 e. The molecular weight excluding hydrogens is 382 g/mol. The van der Waals surface area contributed by atoms with E-state index in [0.29, 0.717) is 27.6 Å². The lowest BCUT2D eigenvalue weighted by molar-refractivity contribution is -0.134. The normalized spacial score (nSPS) is 20.0. The van der Waals surface area contributed by atoms with Gasteiger partial charge >= 0.3 is 0 Å². The lowest BCUT2D eigenvalue weighted by atomic mass is 9.98. The summed E-state index contributed by atoms with van der Waals surface area (Å²) in [4.78, 5) is 32.2. The molecule has 0 aliphatic carbocycles. The van der Waals surface area contributed by atoms with Crippen LogP contribution in [-0.4, -0.2) is 38.2 Å². The van der Waals surface area contributed by atoms with E-state index in [1.807, 2.05) is 4.90 Å². The molecule has 0 saturated carbocycles. The quantitative estimate of drug-likeness (QED) is 0.426. The lowest BCUT2D eigenvalue weighted by Crippen LogP contribution is -2.48. The van der Waals surface area contributed by atoms with E-state index >= 15 is 0 Å². The van der Waals surface area contributed by atoms with Crippen molar-refractivity contribution in [3.63, 3.8) is 0 Å². The van der Waals surface area contributed by atoms with E-state index in [0.717, 1.165) is 19.3 Å². The molecule has 2 atom stereocenters. The number of rotatable bonds is 5. The van der Waals surface area contributed by atoms with Gasteiger partial charge in [-0.15, -0.1) is 6.58 Å². The van der Waals surface area contributed by atoms with Gasteiger partial charge < -0.3 is 4.90 Å². The number of allylic oxidation sites excluding steroid dienone is 1. The largest absolute Gasteiger partial charge is 0.337 e. The predicted octanol–water partition coefficient (Wildman–Crippen LogP) is 4.12. The van der Waals surface area contributed by atoms with Gasteiger partial charge in [-0.2, -0.15) is 0 Å². The van der Waals surface area contributed by atoms with Gasteiger partial charge in [0, 0.05) is 23.7 Å². The second-order valence-corrected chi connectivity index (χ2v) is 8.36. The molecule has 144 valence electrons. The number of thioether (sulfide) groups is 1. The highest BCUT2D eigenvalue weighted by molar-refractivity contribution is 7.99. The fourth-order valence-corrected chi connectivity index (χ4v) is 4.74. The van der Waals surface area contributed by atoms with Crippen LogP contribution < -0.4 is 5.56 Å². The summed E-state index contributed by atoms with van der Waals surface area (Å²) in [6, 6.07) is 5.58. The van der Waals surface area contributed by atoms with Crippen LogP contribution in [0.3, 0.4) is 0 Å². The van der Waals surface area contributed by atoms with Crippen molar-refractivity contribution in [2.45, 2.75) is 56.9 Å². The van der Waals surface area contributed by atoms with Gasteiger partial charge in [0.2, 0.25) is 5.91 Å². The number of carbonyl (C=O) groups excluding carboxylic acids is 1. The minimum absolute atomic E-state index is 0.0929. The fraction of sp³-hybridized carbons (Fsp3) is 0.450. The third kappa shape index (κ3) is 4.22. The first-order valence-corrected chi connectivity index (χ1v) is 10.5. The number of hydrogen-bond donors (Lipinski definition) is 0. The van der Waals surface area contributed by atoms with Crippen molar-refractivity contribution >= 4 is 40.2 Å². The van der Waals surface area contributed by atoms with Gasteiger partial charge in [-0.25, -0.2) is 4.98 Å². The van der Waals surface area contributed by atoms with E-state index in [9.17, 15) is 9.59 Å². The number of amides is 1. The smallest absolute Gasteiger partial charge is 0.262 e. The minimum atomic E-state index is -0.169. The number of carbonyl (C=O) groups is 1. The second-order valence-electron chi connectivity index (χ2n) is 6.98. The summed E-state index contributed by atoms with van der Waals surface area (Å²) in [7, 11) is 0. The van der Waals surface area contributed by atoms with Crippen LogP contribution >= 0.6 is 23.4 Å². The zero-order valence-corrected chi connectivity index (χ0v) is 17.2. The third-order valence-corrected chi connectivity index (χ3v) is 6.20. The zero-order chi connectivity index (χ0) is 19.6. The number of likely N-dealkylation sites (tertiary alicyclic amines) is 1. The van der Waals surface area contributed by atoms with Crippen molar-refractivity contribution in [1.82, 2.24) is 14.5 Å². The fourth-order valence-electron chi connectivity index (χ4n) is 3.69. The van der Waals surface area contributed by atoms with Gasteiger partial charge in [-0.1, -0.05) is 29.4 Å². The maximum absolute atomic E-state index is 12.8. The van der Waals surface area contributed by atoms with Crippen molar-refractivity contribution < 1.29 is 4.79 Å². The Kier molecular flexibility index (Phi) is 6.27. The number of piperidine rings is 1.